The predicted molar refractivity (Wildman–Crippen MR) is 98.9 cm³/mol. The van der Waals surface area contributed by atoms with Crippen LogP contribution in [0.25, 0.3) is 11.4 Å². The van der Waals surface area contributed by atoms with Gasteiger partial charge in [-0.25, -0.2) is 9.18 Å². The number of carbonyl (C=O) groups excluding carboxylic acids is 1. The van der Waals surface area contributed by atoms with E-state index in [1.54, 1.807) is 6.92 Å². The summed E-state index contributed by atoms with van der Waals surface area (Å²) in [5, 5.41) is 7.01. The van der Waals surface area contributed by atoms with Crippen molar-refractivity contribution in [2.45, 2.75) is 26.8 Å². The summed E-state index contributed by atoms with van der Waals surface area (Å²) in [6.45, 7) is 3.91. The van der Waals surface area contributed by atoms with Crippen molar-refractivity contribution in [3.63, 3.8) is 0 Å². The number of esters is 1. The smallest absolute Gasteiger partial charge is 0.338 e. The molecule has 3 aromatic rings. The van der Waals surface area contributed by atoms with Crippen LogP contribution in [0, 0.1) is 12.7 Å². The Hall–Kier alpha value is -3.22. The molecule has 0 saturated carbocycles. The number of aryl methyl sites for hydroxylation is 1. The van der Waals surface area contributed by atoms with Crippen molar-refractivity contribution in [3.8, 4) is 11.4 Å². The van der Waals surface area contributed by atoms with E-state index in [2.05, 4.69) is 27.1 Å². The summed E-state index contributed by atoms with van der Waals surface area (Å²) in [7, 11) is 1.25. The van der Waals surface area contributed by atoms with Crippen LogP contribution in [-0.2, 0) is 17.7 Å². The molecular weight excluding hydrogens is 349 g/mol. The fourth-order valence-electron chi connectivity index (χ4n) is 2.60. The molecule has 7 heteroatoms. The van der Waals surface area contributed by atoms with Gasteiger partial charge in [-0.05, 0) is 31.0 Å². The van der Waals surface area contributed by atoms with Gasteiger partial charge in [0.05, 0.1) is 19.2 Å². The van der Waals surface area contributed by atoms with Crippen LogP contribution in [0.15, 0.2) is 40.9 Å². The number of nitrogens with one attached hydrogen (secondary N) is 1. The number of benzene rings is 2. The van der Waals surface area contributed by atoms with Gasteiger partial charge in [0.2, 0.25) is 11.7 Å². The van der Waals surface area contributed by atoms with Gasteiger partial charge in [-0.1, -0.05) is 36.3 Å². The van der Waals surface area contributed by atoms with Gasteiger partial charge < -0.3 is 14.6 Å². The number of rotatable bonds is 6. The van der Waals surface area contributed by atoms with E-state index in [1.807, 2.05) is 24.3 Å². The lowest BCUT2D eigenvalue weighted by atomic mass is 10.1. The van der Waals surface area contributed by atoms with Gasteiger partial charge in [0, 0.05) is 16.8 Å². The Labute approximate surface area is 156 Å². The summed E-state index contributed by atoms with van der Waals surface area (Å²) in [5.74, 6) is -0.260. The third kappa shape index (κ3) is 4.13. The molecule has 0 amide bonds. The molecular formula is C20H20FN3O3. The zero-order valence-corrected chi connectivity index (χ0v) is 15.4. The minimum atomic E-state index is -0.604. The predicted octanol–water partition coefficient (Wildman–Crippen LogP) is 4.15. The molecule has 1 aromatic heterocycles. The molecule has 0 spiro atoms. The summed E-state index contributed by atoms with van der Waals surface area (Å²) in [5.41, 5.74) is 3.06. The Kier molecular flexibility index (Phi) is 5.49. The second-order valence-electron chi connectivity index (χ2n) is 6.04. The maximum absolute atomic E-state index is 14.1. The van der Waals surface area contributed by atoms with Crippen LogP contribution in [0.4, 0.5) is 10.1 Å². The number of ether oxygens (including phenoxy) is 1. The number of anilines is 1. The first-order valence-electron chi connectivity index (χ1n) is 8.56. The van der Waals surface area contributed by atoms with E-state index in [0.717, 1.165) is 18.1 Å². The molecule has 0 unspecified atom stereocenters. The van der Waals surface area contributed by atoms with E-state index in [9.17, 15) is 9.18 Å². The number of nitrogens with zero attached hydrogens (tertiary/aromatic N) is 2. The molecule has 0 aliphatic heterocycles. The van der Waals surface area contributed by atoms with Gasteiger partial charge in [-0.15, -0.1) is 0 Å². The minimum absolute atomic E-state index is 0.130. The SMILES string of the molecule is CCc1ccc(-c2noc(CNc3cc(C(=O)OC)cc(F)c3C)n2)cc1. The van der Waals surface area contributed by atoms with Crippen LogP contribution in [0.1, 0.15) is 34.3 Å². The lowest BCUT2D eigenvalue weighted by Gasteiger charge is -2.10. The van der Waals surface area contributed by atoms with E-state index in [4.69, 9.17) is 4.52 Å². The molecule has 1 heterocycles. The van der Waals surface area contributed by atoms with Crippen LogP contribution >= 0.6 is 0 Å². The summed E-state index contributed by atoms with van der Waals surface area (Å²) < 4.78 is 24.0. The Morgan fingerprint density at radius 2 is 2.00 bits per heavy atom. The standard InChI is InChI=1S/C20H20FN3O3/c1-4-13-5-7-14(8-6-13)19-23-18(27-24-19)11-22-17-10-15(20(25)26-3)9-16(21)12(17)2/h5-10,22H,4,11H2,1-3H3. The highest BCUT2D eigenvalue weighted by molar-refractivity contribution is 5.90. The average Bonchev–Trinajstić information content (AvgIpc) is 3.17. The number of halogens is 1. The number of carbonyl (C=O) groups is 1. The maximum atomic E-state index is 14.1. The number of hydrogen-bond acceptors (Lipinski definition) is 6. The van der Waals surface area contributed by atoms with E-state index < -0.39 is 11.8 Å². The van der Waals surface area contributed by atoms with Crippen molar-refractivity contribution in [2.24, 2.45) is 0 Å². The molecule has 0 aliphatic carbocycles. The van der Waals surface area contributed by atoms with E-state index >= 15 is 0 Å². The van der Waals surface area contributed by atoms with Gasteiger partial charge in [-0.3, -0.25) is 0 Å². The van der Waals surface area contributed by atoms with Crippen molar-refractivity contribution >= 4 is 11.7 Å². The minimum Gasteiger partial charge on any atom is -0.465 e. The quantitative estimate of drug-likeness (QED) is 0.658. The third-order valence-electron chi connectivity index (χ3n) is 4.28. The first-order chi connectivity index (χ1) is 13.0. The highest BCUT2D eigenvalue weighted by Crippen LogP contribution is 2.22. The first kappa shape index (κ1) is 18.6. The number of methoxy groups -OCH3 is 1. The van der Waals surface area contributed by atoms with Crippen LogP contribution in [-0.4, -0.2) is 23.2 Å². The molecule has 140 valence electrons. The van der Waals surface area contributed by atoms with Crippen LogP contribution in [0.5, 0.6) is 0 Å². The van der Waals surface area contributed by atoms with E-state index in [-0.39, 0.29) is 12.1 Å². The summed E-state index contributed by atoms with van der Waals surface area (Å²) in [4.78, 5) is 16.0. The highest BCUT2D eigenvalue weighted by Gasteiger charge is 2.14. The second kappa shape index (κ2) is 7.99. The summed E-state index contributed by atoms with van der Waals surface area (Å²) >= 11 is 0. The Balaban J connectivity index is 1.75. The monoisotopic (exact) mass is 369 g/mol. The largest absolute Gasteiger partial charge is 0.465 e. The second-order valence-corrected chi connectivity index (χ2v) is 6.04. The molecule has 1 N–H and O–H groups in total. The highest BCUT2D eigenvalue weighted by atomic mass is 19.1. The average molecular weight is 369 g/mol. The van der Waals surface area contributed by atoms with Crippen LogP contribution < -0.4 is 5.32 Å². The zero-order chi connectivity index (χ0) is 19.4. The Morgan fingerprint density at radius 3 is 2.67 bits per heavy atom. The number of hydrogen-bond donors (Lipinski definition) is 1. The van der Waals surface area contributed by atoms with Crippen LogP contribution in [0.3, 0.4) is 0 Å². The van der Waals surface area contributed by atoms with Gasteiger partial charge in [0.25, 0.3) is 0 Å². The van der Waals surface area contributed by atoms with Gasteiger partial charge in [-0.2, -0.15) is 4.98 Å². The molecule has 0 saturated heterocycles. The van der Waals surface area contributed by atoms with Gasteiger partial charge in [0.15, 0.2) is 0 Å². The normalized spacial score (nSPS) is 10.7. The molecule has 0 radical (unpaired) electrons. The molecule has 0 fully saturated rings. The Morgan fingerprint density at radius 1 is 1.26 bits per heavy atom. The Bertz CT molecular complexity index is 952. The molecule has 3 rings (SSSR count). The van der Waals surface area contributed by atoms with Crippen molar-refractivity contribution in [3.05, 3.63) is 64.8 Å². The van der Waals surface area contributed by atoms with Crippen molar-refractivity contribution in [1.82, 2.24) is 10.1 Å². The zero-order valence-electron chi connectivity index (χ0n) is 15.4. The fraction of sp³-hybridized carbons (Fsp3) is 0.250. The lowest BCUT2D eigenvalue weighted by Crippen LogP contribution is -2.07. The molecule has 0 atom stereocenters. The van der Waals surface area contributed by atoms with E-state index in [1.165, 1.54) is 18.7 Å². The molecule has 6 nitrogen and oxygen atoms in total. The van der Waals surface area contributed by atoms with Crippen molar-refractivity contribution in [2.75, 3.05) is 12.4 Å². The van der Waals surface area contributed by atoms with Crippen LogP contribution in [0.2, 0.25) is 0 Å². The topological polar surface area (TPSA) is 77.2 Å². The molecule has 0 bridgehead atoms. The first-order valence-corrected chi connectivity index (χ1v) is 8.56. The van der Waals surface area contributed by atoms with Crippen molar-refractivity contribution < 1.29 is 18.4 Å². The third-order valence-corrected chi connectivity index (χ3v) is 4.28. The van der Waals surface area contributed by atoms with E-state index in [0.29, 0.717) is 23.0 Å². The maximum Gasteiger partial charge on any atom is 0.338 e. The molecule has 2 aromatic carbocycles. The lowest BCUT2D eigenvalue weighted by molar-refractivity contribution is 0.0600. The summed E-state index contributed by atoms with van der Waals surface area (Å²) in [6.07, 6.45) is 0.961. The fourth-order valence-corrected chi connectivity index (χ4v) is 2.60. The molecule has 0 aliphatic rings. The van der Waals surface area contributed by atoms with Crippen molar-refractivity contribution in [1.29, 1.82) is 0 Å². The number of aromatic nitrogens is 2. The summed E-state index contributed by atoms with van der Waals surface area (Å²) in [6, 6.07) is 10.6. The van der Waals surface area contributed by atoms with Gasteiger partial charge in [0.1, 0.15) is 5.82 Å². The van der Waals surface area contributed by atoms with Gasteiger partial charge >= 0.3 is 5.97 Å². The molecule has 27 heavy (non-hydrogen) atoms.